The van der Waals surface area contributed by atoms with Crippen molar-refractivity contribution in [3.8, 4) is 0 Å². The number of nitrogens with zero attached hydrogens (tertiary/aromatic N) is 2. The van der Waals surface area contributed by atoms with Crippen molar-refractivity contribution in [2.45, 2.75) is 38.2 Å². The van der Waals surface area contributed by atoms with Crippen LogP contribution in [-0.2, 0) is 23.6 Å². The number of H-pyrrole nitrogens is 1. The number of aromatic nitrogens is 1. The summed E-state index contributed by atoms with van der Waals surface area (Å²) in [5.74, 6) is -1.33. The number of amides is 2. The van der Waals surface area contributed by atoms with Gasteiger partial charge in [-0.25, -0.2) is 0 Å². The van der Waals surface area contributed by atoms with Gasteiger partial charge in [0, 0.05) is 43.2 Å². The molecule has 1 aliphatic heterocycles. The van der Waals surface area contributed by atoms with Crippen LogP contribution in [0.5, 0.6) is 0 Å². The number of aromatic amines is 1. The second-order valence-corrected chi connectivity index (χ2v) is 8.67. The zero-order valence-corrected chi connectivity index (χ0v) is 19.2. The van der Waals surface area contributed by atoms with E-state index in [4.69, 9.17) is 0 Å². The molecule has 4 rings (SSSR count). The Bertz CT molecular complexity index is 1280. The van der Waals surface area contributed by atoms with Crippen molar-refractivity contribution in [2.24, 2.45) is 0 Å². The van der Waals surface area contributed by atoms with Crippen molar-refractivity contribution < 1.29 is 35.9 Å². The number of nitrogens with one attached hydrogen (secondary N) is 1. The quantitative estimate of drug-likeness (QED) is 0.470. The smallest absolute Gasteiger partial charge is 0.361 e. The Morgan fingerprint density at radius 2 is 1.72 bits per heavy atom. The first-order chi connectivity index (χ1) is 16.9. The first-order valence-corrected chi connectivity index (χ1v) is 11.3. The molecule has 0 bridgehead atoms. The van der Waals surface area contributed by atoms with Gasteiger partial charge in [-0.3, -0.25) is 9.59 Å². The maximum atomic E-state index is 13.7. The minimum atomic E-state index is -5.03. The lowest BCUT2D eigenvalue weighted by Gasteiger charge is -2.42. The highest BCUT2D eigenvalue weighted by molar-refractivity contribution is 5.96. The molecule has 0 spiro atoms. The summed E-state index contributed by atoms with van der Waals surface area (Å²) in [6.07, 6.45) is -7.82. The number of piperazine rings is 1. The number of alkyl halides is 6. The predicted octanol–water partition coefficient (Wildman–Crippen LogP) is 5.51. The van der Waals surface area contributed by atoms with E-state index in [1.165, 1.54) is 4.90 Å². The molecule has 5 nitrogen and oxygen atoms in total. The van der Waals surface area contributed by atoms with Crippen molar-refractivity contribution in [3.63, 3.8) is 0 Å². The van der Waals surface area contributed by atoms with Crippen LogP contribution in [0.1, 0.15) is 40.4 Å². The normalized spacial score (nSPS) is 17.0. The Kier molecular flexibility index (Phi) is 6.76. The third kappa shape index (κ3) is 5.05. The van der Waals surface area contributed by atoms with Crippen LogP contribution in [0.3, 0.4) is 0 Å². The van der Waals surface area contributed by atoms with E-state index in [0.29, 0.717) is 12.1 Å². The van der Waals surface area contributed by atoms with Crippen molar-refractivity contribution in [3.05, 3.63) is 70.9 Å². The minimum absolute atomic E-state index is 0.0538. The first-order valence-electron chi connectivity index (χ1n) is 11.3. The Morgan fingerprint density at radius 3 is 2.39 bits per heavy atom. The number of para-hydroxylation sites is 1. The van der Waals surface area contributed by atoms with Crippen LogP contribution < -0.4 is 0 Å². The second-order valence-electron chi connectivity index (χ2n) is 8.67. The molecular formula is C25H23F6N3O2. The van der Waals surface area contributed by atoms with Crippen molar-refractivity contribution in [2.75, 3.05) is 19.6 Å². The number of carbonyl (C=O) groups is 2. The monoisotopic (exact) mass is 511 g/mol. The summed E-state index contributed by atoms with van der Waals surface area (Å²) in [4.78, 5) is 31.6. The number of halogens is 6. The molecule has 1 aliphatic rings. The SMILES string of the molecule is CCC(=O)N1CCN(C(=O)c2cc(C(F)(F)F)ccc2C(F)(F)F)[C@H](Cc2c[nH]c3ccccc23)C1. The first kappa shape index (κ1) is 25.6. The number of rotatable bonds is 4. The molecule has 3 aromatic rings. The summed E-state index contributed by atoms with van der Waals surface area (Å²) in [6.45, 7) is 1.69. The highest BCUT2D eigenvalue weighted by Crippen LogP contribution is 2.37. The summed E-state index contributed by atoms with van der Waals surface area (Å²) in [7, 11) is 0. The highest BCUT2D eigenvalue weighted by atomic mass is 19.4. The van der Waals surface area contributed by atoms with E-state index in [9.17, 15) is 35.9 Å². The summed E-state index contributed by atoms with van der Waals surface area (Å²) in [5, 5.41) is 0.846. The molecule has 1 aromatic heterocycles. The highest BCUT2D eigenvalue weighted by Gasteiger charge is 2.41. The van der Waals surface area contributed by atoms with Crippen LogP contribution in [0.15, 0.2) is 48.7 Å². The summed E-state index contributed by atoms with van der Waals surface area (Å²) in [5.41, 5.74) is -2.24. The molecule has 2 heterocycles. The Balaban J connectivity index is 1.74. The molecule has 36 heavy (non-hydrogen) atoms. The maximum Gasteiger partial charge on any atom is 0.417 e. The lowest BCUT2D eigenvalue weighted by atomic mass is 9.97. The standard InChI is InChI=1S/C25H23F6N3O2/c1-2-22(35)33-9-10-34(17(14-33)11-15-13-32-21-6-4-3-5-18(15)21)23(36)19-12-16(24(26,27)28)7-8-20(19)25(29,30)31/h3-8,12-13,17,32H,2,9-11,14H2,1H3/t17-/m1/s1. The van der Waals surface area contributed by atoms with E-state index < -0.39 is 41.0 Å². The number of hydrogen-bond acceptors (Lipinski definition) is 2. The topological polar surface area (TPSA) is 56.4 Å². The maximum absolute atomic E-state index is 13.7. The zero-order chi connectivity index (χ0) is 26.3. The molecule has 192 valence electrons. The van der Waals surface area contributed by atoms with Crippen LogP contribution >= 0.6 is 0 Å². The van der Waals surface area contributed by atoms with Crippen LogP contribution in [0.25, 0.3) is 10.9 Å². The van der Waals surface area contributed by atoms with Gasteiger partial charge in [0.25, 0.3) is 5.91 Å². The molecule has 2 aromatic carbocycles. The molecule has 1 N–H and O–H groups in total. The Hall–Kier alpha value is -3.50. The molecule has 0 unspecified atom stereocenters. The van der Waals surface area contributed by atoms with Gasteiger partial charge in [-0.05, 0) is 36.2 Å². The lowest BCUT2D eigenvalue weighted by molar-refractivity contribution is -0.141. The zero-order valence-electron chi connectivity index (χ0n) is 19.2. The van der Waals surface area contributed by atoms with Gasteiger partial charge >= 0.3 is 12.4 Å². The number of hydrogen-bond donors (Lipinski definition) is 1. The number of carbonyl (C=O) groups excluding carboxylic acids is 2. The predicted molar refractivity (Wildman–Crippen MR) is 120 cm³/mol. The number of benzene rings is 2. The second kappa shape index (κ2) is 9.51. The summed E-state index contributed by atoms with van der Waals surface area (Å²) >= 11 is 0. The summed E-state index contributed by atoms with van der Waals surface area (Å²) < 4.78 is 81.0. The van der Waals surface area contributed by atoms with Gasteiger partial charge in [0.05, 0.1) is 22.7 Å². The Labute approximate surface area is 202 Å². The van der Waals surface area contributed by atoms with E-state index in [1.807, 2.05) is 24.3 Å². The van der Waals surface area contributed by atoms with E-state index in [0.717, 1.165) is 21.4 Å². The van der Waals surface area contributed by atoms with E-state index in [-0.39, 0.29) is 44.4 Å². The van der Waals surface area contributed by atoms with Crippen molar-refractivity contribution in [1.82, 2.24) is 14.8 Å². The molecule has 0 radical (unpaired) electrons. The van der Waals surface area contributed by atoms with Gasteiger partial charge in [-0.15, -0.1) is 0 Å². The van der Waals surface area contributed by atoms with Gasteiger partial charge in [-0.2, -0.15) is 26.3 Å². The largest absolute Gasteiger partial charge is 0.417 e. The van der Waals surface area contributed by atoms with Gasteiger partial charge < -0.3 is 14.8 Å². The van der Waals surface area contributed by atoms with Crippen LogP contribution in [0.4, 0.5) is 26.3 Å². The van der Waals surface area contributed by atoms with E-state index in [2.05, 4.69) is 4.98 Å². The summed E-state index contributed by atoms with van der Waals surface area (Å²) in [6, 6.07) is 7.46. The average molecular weight is 511 g/mol. The van der Waals surface area contributed by atoms with E-state index >= 15 is 0 Å². The molecule has 2 amide bonds. The van der Waals surface area contributed by atoms with Gasteiger partial charge in [0.2, 0.25) is 5.91 Å². The van der Waals surface area contributed by atoms with Gasteiger partial charge in [-0.1, -0.05) is 25.1 Å². The number of fused-ring (bicyclic) bond motifs is 1. The molecule has 1 saturated heterocycles. The fraction of sp³-hybridized carbons (Fsp3) is 0.360. The molecule has 0 aliphatic carbocycles. The third-order valence-electron chi connectivity index (χ3n) is 6.41. The Morgan fingerprint density at radius 1 is 1.00 bits per heavy atom. The van der Waals surface area contributed by atoms with Gasteiger partial charge in [0.1, 0.15) is 0 Å². The minimum Gasteiger partial charge on any atom is -0.361 e. The lowest BCUT2D eigenvalue weighted by Crippen LogP contribution is -2.57. The molecule has 1 atom stereocenters. The van der Waals surface area contributed by atoms with Crippen LogP contribution in [-0.4, -0.2) is 52.3 Å². The van der Waals surface area contributed by atoms with Crippen molar-refractivity contribution >= 4 is 22.7 Å². The molecule has 0 saturated carbocycles. The van der Waals surface area contributed by atoms with Crippen LogP contribution in [0, 0.1) is 0 Å². The third-order valence-corrected chi connectivity index (χ3v) is 6.41. The molecular weight excluding hydrogens is 488 g/mol. The van der Waals surface area contributed by atoms with Crippen molar-refractivity contribution in [1.29, 1.82) is 0 Å². The molecule has 1 fully saturated rings. The average Bonchev–Trinajstić information content (AvgIpc) is 3.24. The van der Waals surface area contributed by atoms with Gasteiger partial charge in [0.15, 0.2) is 0 Å². The fourth-order valence-corrected chi connectivity index (χ4v) is 4.60. The van der Waals surface area contributed by atoms with E-state index in [1.54, 1.807) is 13.1 Å². The fourth-order valence-electron chi connectivity index (χ4n) is 4.60. The van der Waals surface area contributed by atoms with Crippen LogP contribution in [0.2, 0.25) is 0 Å². The molecule has 11 heteroatoms.